The van der Waals surface area contributed by atoms with Crippen molar-refractivity contribution in [2.75, 3.05) is 26.2 Å². The molecule has 3 nitrogen and oxygen atoms in total. The molecule has 2 fully saturated rings. The lowest BCUT2D eigenvalue weighted by molar-refractivity contribution is 0.0267. The molecular weight excluding hydrogens is 296 g/mol. The number of rotatable bonds is 5. The highest BCUT2D eigenvalue weighted by Crippen LogP contribution is 2.28. The average Bonchev–Trinajstić information content (AvgIpc) is 3.02. The number of halogens is 1. The van der Waals surface area contributed by atoms with Crippen LogP contribution in [0.25, 0.3) is 0 Å². The fraction of sp³-hybridized carbons (Fsp3) is 0.667. The van der Waals surface area contributed by atoms with Crippen LogP contribution in [0.2, 0.25) is 5.02 Å². The number of aliphatic hydroxyl groups is 1. The SMILES string of the molecule is OCC[C@H]1CN(Cc2cccc(Cl)c2)CCN1C1CCCC1. The summed E-state index contributed by atoms with van der Waals surface area (Å²) in [4.78, 5) is 5.19. The molecule has 1 aromatic rings. The zero-order valence-electron chi connectivity index (χ0n) is 13.3. The van der Waals surface area contributed by atoms with E-state index in [1.807, 2.05) is 12.1 Å². The highest BCUT2D eigenvalue weighted by molar-refractivity contribution is 6.30. The van der Waals surface area contributed by atoms with E-state index in [0.717, 1.165) is 43.7 Å². The van der Waals surface area contributed by atoms with Crippen LogP contribution in [0.5, 0.6) is 0 Å². The minimum Gasteiger partial charge on any atom is -0.396 e. The molecule has 1 atom stereocenters. The fourth-order valence-electron chi connectivity index (χ4n) is 4.09. The Hall–Kier alpha value is -0.610. The maximum absolute atomic E-state index is 9.43. The highest BCUT2D eigenvalue weighted by Gasteiger charge is 2.32. The smallest absolute Gasteiger partial charge is 0.0446 e. The number of benzene rings is 1. The van der Waals surface area contributed by atoms with E-state index in [2.05, 4.69) is 21.9 Å². The molecule has 1 aromatic carbocycles. The summed E-state index contributed by atoms with van der Waals surface area (Å²) in [6.45, 7) is 4.56. The van der Waals surface area contributed by atoms with Crippen molar-refractivity contribution in [3.63, 3.8) is 0 Å². The summed E-state index contributed by atoms with van der Waals surface area (Å²) in [5.74, 6) is 0. The summed E-state index contributed by atoms with van der Waals surface area (Å²) < 4.78 is 0. The lowest BCUT2D eigenvalue weighted by Crippen LogP contribution is -2.55. The Morgan fingerprint density at radius 2 is 2.00 bits per heavy atom. The van der Waals surface area contributed by atoms with Crippen molar-refractivity contribution in [3.05, 3.63) is 34.9 Å². The summed E-state index contributed by atoms with van der Waals surface area (Å²) in [5, 5.41) is 10.2. The van der Waals surface area contributed by atoms with Crippen molar-refractivity contribution in [2.24, 2.45) is 0 Å². The van der Waals surface area contributed by atoms with Gasteiger partial charge in [0.15, 0.2) is 0 Å². The molecule has 1 saturated heterocycles. The lowest BCUT2D eigenvalue weighted by atomic mass is 10.0. The molecule has 3 rings (SSSR count). The number of piperazine rings is 1. The van der Waals surface area contributed by atoms with Crippen molar-refractivity contribution in [1.82, 2.24) is 9.80 Å². The first-order valence-electron chi connectivity index (χ1n) is 8.59. The van der Waals surface area contributed by atoms with Crippen molar-refractivity contribution in [1.29, 1.82) is 0 Å². The van der Waals surface area contributed by atoms with Crippen LogP contribution < -0.4 is 0 Å². The van der Waals surface area contributed by atoms with Crippen molar-refractivity contribution in [2.45, 2.75) is 50.7 Å². The van der Waals surface area contributed by atoms with Gasteiger partial charge in [0.25, 0.3) is 0 Å². The molecule has 1 heterocycles. The minimum atomic E-state index is 0.291. The normalized spacial score (nSPS) is 24.9. The third-order valence-corrected chi connectivity index (χ3v) is 5.40. The van der Waals surface area contributed by atoms with Gasteiger partial charge in [-0.3, -0.25) is 9.80 Å². The Kier molecular flexibility index (Phi) is 5.75. The molecule has 1 aliphatic carbocycles. The summed E-state index contributed by atoms with van der Waals surface area (Å²) >= 11 is 6.09. The van der Waals surface area contributed by atoms with E-state index >= 15 is 0 Å². The van der Waals surface area contributed by atoms with Gasteiger partial charge in [0.05, 0.1) is 0 Å². The van der Waals surface area contributed by atoms with Crippen LogP contribution in [-0.4, -0.2) is 53.2 Å². The Balaban J connectivity index is 1.61. The quantitative estimate of drug-likeness (QED) is 0.902. The predicted octanol–water partition coefficient (Wildman–Crippen LogP) is 3.15. The summed E-state index contributed by atoms with van der Waals surface area (Å²) in [6, 6.07) is 9.42. The van der Waals surface area contributed by atoms with Gasteiger partial charge in [-0.25, -0.2) is 0 Å². The predicted molar refractivity (Wildman–Crippen MR) is 91.2 cm³/mol. The van der Waals surface area contributed by atoms with E-state index in [9.17, 15) is 5.11 Å². The molecule has 0 aromatic heterocycles. The summed E-state index contributed by atoms with van der Waals surface area (Å²) in [7, 11) is 0. The first-order chi connectivity index (χ1) is 10.8. The molecule has 1 saturated carbocycles. The maximum atomic E-state index is 9.43. The number of aliphatic hydroxyl groups excluding tert-OH is 1. The highest BCUT2D eigenvalue weighted by atomic mass is 35.5. The van der Waals surface area contributed by atoms with Crippen LogP contribution in [0.3, 0.4) is 0 Å². The monoisotopic (exact) mass is 322 g/mol. The molecule has 22 heavy (non-hydrogen) atoms. The molecular formula is C18H27ClN2O. The molecule has 1 N–H and O–H groups in total. The molecule has 0 bridgehead atoms. The maximum Gasteiger partial charge on any atom is 0.0446 e. The molecule has 0 unspecified atom stereocenters. The Labute approximate surface area is 138 Å². The largest absolute Gasteiger partial charge is 0.396 e. The lowest BCUT2D eigenvalue weighted by Gasteiger charge is -2.44. The van der Waals surface area contributed by atoms with E-state index in [1.54, 1.807) is 0 Å². The third kappa shape index (κ3) is 4.02. The van der Waals surface area contributed by atoms with Crippen LogP contribution in [0.15, 0.2) is 24.3 Å². The Morgan fingerprint density at radius 1 is 1.18 bits per heavy atom. The van der Waals surface area contributed by atoms with Gasteiger partial charge in [-0.15, -0.1) is 0 Å². The number of nitrogens with zero attached hydrogens (tertiary/aromatic N) is 2. The van der Waals surface area contributed by atoms with Crippen LogP contribution in [0, 0.1) is 0 Å². The van der Waals surface area contributed by atoms with Gasteiger partial charge in [-0.2, -0.15) is 0 Å². The molecule has 0 radical (unpaired) electrons. The first-order valence-corrected chi connectivity index (χ1v) is 8.97. The topological polar surface area (TPSA) is 26.7 Å². The zero-order chi connectivity index (χ0) is 15.4. The van der Waals surface area contributed by atoms with Crippen LogP contribution >= 0.6 is 11.6 Å². The van der Waals surface area contributed by atoms with Gasteiger partial charge >= 0.3 is 0 Å². The van der Waals surface area contributed by atoms with E-state index in [0.29, 0.717) is 12.6 Å². The zero-order valence-corrected chi connectivity index (χ0v) is 14.0. The van der Waals surface area contributed by atoms with E-state index in [4.69, 9.17) is 11.6 Å². The van der Waals surface area contributed by atoms with Crippen LogP contribution in [0.4, 0.5) is 0 Å². The summed E-state index contributed by atoms with van der Waals surface area (Å²) in [5.41, 5.74) is 1.28. The molecule has 4 heteroatoms. The van der Waals surface area contributed by atoms with Crippen molar-refractivity contribution in [3.8, 4) is 0 Å². The second-order valence-corrected chi connectivity index (χ2v) is 7.14. The van der Waals surface area contributed by atoms with E-state index < -0.39 is 0 Å². The van der Waals surface area contributed by atoms with Crippen molar-refractivity contribution >= 4 is 11.6 Å². The van der Waals surface area contributed by atoms with Crippen LogP contribution in [0.1, 0.15) is 37.7 Å². The average molecular weight is 323 g/mol. The number of hydrogen-bond donors (Lipinski definition) is 1. The molecule has 1 aliphatic heterocycles. The third-order valence-electron chi connectivity index (χ3n) is 5.16. The minimum absolute atomic E-state index is 0.291. The van der Waals surface area contributed by atoms with Gasteiger partial charge in [-0.05, 0) is 37.0 Å². The molecule has 122 valence electrons. The van der Waals surface area contributed by atoms with E-state index in [-0.39, 0.29) is 0 Å². The molecule has 0 amide bonds. The number of hydrogen-bond acceptors (Lipinski definition) is 3. The van der Waals surface area contributed by atoms with Gasteiger partial charge in [0.1, 0.15) is 0 Å². The van der Waals surface area contributed by atoms with Gasteiger partial charge in [0.2, 0.25) is 0 Å². The fourth-order valence-corrected chi connectivity index (χ4v) is 4.31. The van der Waals surface area contributed by atoms with E-state index in [1.165, 1.54) is 31.2 Å². The molecule has 0 spiro atoms. The second-order valence-electron chi connectivity index (χ2n) is 6.71. The Bertz CT molecular complexity index is 476. The molecule has 2 aliphatic rings. The second kappa shape index (κ2) is 7.78. The van der Waals surface area contributed by atoms with Gasteiger partial charge < -0.3 is 5.11 Å². The van der Waals surface area contributed by atoms with Crippen molar-refractivity contribution < 1.29 is 5.11 Å². The van der Waals surface area contributed by atoms with Gasteiger partial charge in [0, 0.05) is 49.9 Å². The first kappa shape index (κ1) is 16.3. The standard InChI is InChI=1S/C18H27ClN2O/c19-16-5-3-4-15(12-16)13-20-9-10-21(17-6-1-2-7-17)18(14-20)8-11-22/h3-5,12,17-18,22H,1-2,6-11,13-14H2/t18-/m0/s1. The van der Waals surface area contributed by atoms with Crippen LogP contribution in [-0.2, 0) is 6.54 Å². The Morgan fingerprint density at radius 3 is 2.73 bits per heavy atom. The van der Waals surface area contributed by atoms with Gasteiger partial charge in [-0.1, -0.05) is 36.6 Å². The summed E-state index contributed by atoms with van der Waals surface area (Å²) in [6.07, 6.45) is 6.33.